The van der Waals surface area contributed by atoms with Gasteiger partial charge in [-0.25, -0.2) is 0 Å². The molecule has 0 aromatic rings. The zero-order valence-electron chi connectivity index (χ0n) is 6.05. The molecular formula is C6H11NO3. The fourth-order valence-electron chi connectivity index (χ4n) is 0.540. The summed E-state index contributed by atoms with van der Waals surface area (Å²) in [6, 6.07) is 0. The molecule has 0 aromatic heterocycles. The van der Waals surface area contributed by atoms with E-state index < -0.39 is 17.9 Å². The molecule has 1 aliphatic rings. The minimum Gasteiger partial charge on any atom is -0.383 e. The maximum absolute atomic E-state index is 10.2. The van der Waals surface area contributed by atoms with E-state index in [2.05, 4.69) is 0 Å². The Bertz CT molecular complexity index is 144. The van der Waals surface area contributed by atoms with Crippen LogP contribution in [0.5, 0.6) is 0 Å². The first-order chi connectivity index (χ1) is 4.70. The van der Waals surface area contributed by atoms with Crippen LogP contribution in [0.3, 0.4) is 0 Å². The van der Waals surface area contributed by atoms with E-state index in [1.54, 1.807) is 0 Å². The normalized spacial score (nSPS) is 23.3. The molecule has 0 saturated carbocycles. The highest BCUT2D eigenvalue weighted by atomic mass is 16.3. The van der Waals surface area contributed by atoms with Gasteiger partial charge in [0.1, 0.15) is 6.10 Å². The van der Waals surface area contributed by atoms with Crippen molar-refractivity contribution in [3.63, 3.8) is 0 Å². The van der Waals surface area contributed by atoms with Gasteiger partial charge in [0.2, 0.25) is 5.91 Å². The third-order valence-electron chi connectivity index (χ3n) is 0.944. The molecule has 4 heteroatoms. The van der Waals surface area contributed by atoms with Crippen LogP contribution in [0.1, 0.15) is 20.3 Å². The molecule has 2 amide bonds. The summed E-state index contributed by atoms with van der Waals surface area (Å²) < 4.78 is 0. The van der Waals surface area contributed by atoms with E-state index in [0.717, 1.165) is 0 Å². The third kappa shape index (κ3) is 2.14. The second kappa shape index (κ2) is 4.00. The van der Waals surface area contributed by atoms with Gasteiger partial charge in [0.25, 0.3) is 5.91 Å². The minimum absolute atomic E-state index is 0.0845. The van der Waals surface area contributed by atoms with Crippen LogP contribution in [0.2, 0.25) is 0 Å². The van der Waals surface area contributed by atoms with E-state index in [1.165, 1.54) is 0 Å². The Hall–Kier alpha value is -0.900. The Morgan fingerprint density at radius 1 is 1.50 bits per heavy atom. The van der Waals surface area contributed by atoms with Gasteiger partial charge in [0, 0.05) is 0 Å². The number of hydrogen-bond acceptors (Lipinski definition) is 3. The van der Waals surface area contributed by atoms with E-state index >= 15 is 0 Å². The number of carbonyl (C=O) groups is 2. The molecule has 1 aliphatic heterocycles. The highest BCUT2D eigenvalue weighted by molar-refractivity contribution is 6.04. The summed E-state index contributed by atoms with van der Waals surface area (Å²) >= 11 is 0. The number of amides is 2. The lowest BCUT2D eigenvalue weighted by atomic mass is 10.3. The number of imide groups is 1. The van der Waals surface area contributed by atoms with Gasteiger partial charge in [0.05, 0.1) is 6.42 Å². The van der Waals surface area contributed by atoms with E-state index in [9.17, 15) is 9.59 Å². The van der Waals surface area contributed by atoms with Crippen LogP contribution >= 0.6 is 0 Å². The fraction of sp³-hybridized carbons (Fsp3) is 0.667. The van der Waals surface area contributed by atoms with Crippen molar-refractivity contribution in [2.75, 3.05) is 0 Å². The number of aliphatic hydroxyl groups is 1. The molecule has 0 aromatic carbocycles. The van der Waals surface area contributed by atoms with Crippen LogP contribution in [0.4, 0.5) is 0 Å². The number of aliphatic hydroxyl groups excluding tert-OH is 1. The average Bonchev–Trinajstić information content (AvgIpc) is 2.16. The molecule has 2 N–H and O–H groups in total. The zero-order valence-corrected chi connectivity index (χ0v) is 6.05. The van der Waals surface area contributed by atoms with Crippen molar-refractivity contribution < 1.29 is 14.7 Å². The van der Waals surface area contributed by atoms with E-state index in [0.29, 0.717) is 0 Å². The second-order valence-electron chi connectivity index (χ2n) is 1.63. The molecule has 1 heterocycles. The summed E-state index contributed by atoms with van der Waals surface area (Å²) in [4.78, 5) is 20.4. The quantitative estimate of drug-likeness (QED) is 0.448. The van der Waals surface area contributed by atoms with Crippen LogP contribution in [0.25, 0.3) is 0 Å². The molecule has 1 unspecified atom stereocenters. The van der Waals surface area contributed by atoms with Crippen molar-refractivity contribution in [3.05, 3.63) is 0 Å². The van der Waals surface area contributed by atoms with Crippen molar-refractivity contribution in [1.82, 2.24) is 5.32 Å². The van der Waals surface area contributed by atoms with Gasteiger partial charge < -0.3 is 5.11 Å². The first kappa shape index (κ1) is 9.10. The van der Waals surface area contributed by atoms with Gasteiger partial charge in [0.15, 0.2) is 0 Å². The van der Waals surface area contributed by atoms with Crippen molar-refractivity contribution in [3.8, 4) is 0 Å². The summed E-state index contributed by atoms with van der Waals surface area (Å²) in [5.41, 5.74) is 0. The lowest BCUT2D eigenvalue weighted by Gasteiger charge is -1.88. The Balaban J connectivity index is 0.000000371. The SMILES string of the molecule is CC.O=C1CC(O)C(=O)N1. The molecule has 4 nitrogen and oxygen atoms in total. The van der Waals surface area contributed by atoms with Crippen molar-refractivity contribution >= 4 is 11.8 Å². The molecule has 0 aliphatic carbocycles. The number of carbonyl (C=O) groups excluding carboxylic acids is 2. The number of rotatable bonds is 0. The zero-order chi connectivity index (χ0) is 8.15. The van der Waals surface area contributed by atoms with Crippen LogP contribution in [0.15, 0.2) is 0 Å². The van der Waals surface area contributed by atoms with Gasteiger partial charge in [-0.15, -0.1) is 0 Å². The molecule has 0 spiro atoms. The molecule has 10 heavy (non-hydrogen) atoms. The first-order valence-corrected chi connectivity index (χ1v) is 3.22. The van der Waals surface area contributed by atoms with Crippen molar-refractivity contribution in [2.45, 2.75) is 26.4 Å². The summed E-state index contributed by atoms with van der Waals surface area (Å²) in [7, 11) is 0. The van der Waals surface area contributed by atoms with Crippen molar-refractivity contribution in [2.24, 2.45) is 0 Å². The minimum atomic E-state index is -1.11. The number of nitrogens with one attached hydrogen (secondary N) is 1. The molecule has 1 atom stereocenters. The Labute approximate surface area is 59.2 Å². The lowest BCUT2D eigenvalue weighted by molar-refractivity contribution is -0.127. The van der Waals surface area contributed by atoms with Crippen LogP contribution in [0, 0.1) is 0 Å². The monoisotopic (exact) mass is 145 g/mol. The second-order valence-corrected chi connectivity index (χ2v) is 1.63. The number of hydrogen-bond donors (Lipinski definition) is 2. The Kier molecular flexibility index (Phi) is 3.64. The predicted molar refractivity (Wildman–Crippen MR) is 35.1 cm³/mol. The summed E-state index contributed by atoms with van der Waals surface area (Å²) in [5.74, 6) is -0.988. The maximum atomic E-state index is 10.2. The van der Waals surface area contributed by atoms with Gasteiger partial charge in [-0.2, -0.15) is 0 Å². The lowest BCUT2D eigenvalue weighted by Crippen LogP contribution is -2.24. The molecule has 58 valence electrons. The van der Waals surface area contributed by atoms with E-state index in [-0.39, 0.29) is 6.42 Å². The summed E-state index contributed by atoms with van der Waals surface area (Å²) in [6.07, 6.45) is -1.19. The standard InChI is InChI=1S/C4H5NO3.C2H6/c6-2-1-3(7)5-4(2)8;1-2/h2,6H,1H2,(H,5,7,8);1-2H3. The maximum Gasteiger partial charge on any atom is 0.255 e. The fourth-order valence-corrected chi connectivity index (χ4v) is 0.540. The Morgan fingerprint density at radius 2 is 2.00 bits per heavy atom. The Morgan fingerprint density at radius 3 is 2.10 bits per heavy atom. The van der Waals surface area contributed by atoms with Crippen LogP contribution in [-0.4, -0.2) is 23.0 Å². The van der Waals surface area contributed by atoms with Crippen LogP contribution in [-0.2, 0) is 9.59 Å². The van der Waals surface area contributed by atoms with Gasteiger partial charge in [-0.05, 0) is 0 Å². The van der Waals surface area contributed by atoms with Gasteiger partial charge in [-0.1, -0.05) is 13.8 Å². The average molecular weight is 145 g/mol. The molecule has 1 rings (SSSR count). The van der Waals surface area contributed by atoms with Gasteiger partial charge >= 0.3 is 0 Å². The van der Waals surface area contributed by atoms with Crippen molar-refractivity contribution in [1.29, 1.82) is 0 Å². The van der Waals surface area contributed by atoms with Crippen LogP contribution < -0.4 is 5.32 Å². The summed E-state index contributed by atoms with van der Waals surface area (Å²) in [5, 5.41) is 10.5. The molecule has 0 radical (unpaired) electrons. The third-order valence-corrected chi connectivity index (χ3v) is 0.944. The van der Waals surface area contributed by atoms with E-state index in [1.807, 2.05) is 19.2 Å². The molecule has 0 bridgehead atoms. The van der Waals surface area contributed by atoms with E-state index in [4.69, 9.17) is 5.11 Å². The highest BCUT2D eigenvalue weighted by Crippen LogP contribution is 1.98. The van der Waals surface area contributed by atoms with Gasteiger partial charge in [-0.3, -0.25) is 14.9 Å². The smallest absolute Gasteiger partial charge is 0.255 e. The first-order valence-electron chi connectivity index (χ1n) is 3.22. The molecule has 1 saturated heterocycles. The largest absolute Gasteiger partial charge is 0.383 e. The molecule has 1 fully saturated rings. The predicted octanol–water partition coefficient (Wildman–Crippen LogP) is -0.580. The topological polar surface area (TPSA) is 66.4 Å². The summed E-state index contributed by atoms with van der Waals surface area (Å²) in [6.45, 7) is 4.00. The molecular weight excluding hydrogens is 134 g/mol. The highest BCUT2D eigenvalue weighted by Gasteiger charge is 2.27.